The number of pyridine rings is 1. The molecular formula is C22H17FN4OS2. The van der Waals surface area contributed by atoms with Crippen molar-refractivity contribution in [3.05, 3.63) is 89.7 Å². The number of benzene rings is 2. The molecule has 2 aromatic carbocycles. The highest BCUT2D eigenvalue weighted by molar-refractivity contribution is 8.00. The third-order valence-electron chi connectivity index (χ3n) is 4.20. The van der Waals surface area contributed by atoms with Gasteiger partial charge in [0, 0.05) is 34.8 Å². The van der Waals surface area contributed by atoms with Gasteiger partial charge in [0.15, 0.2) is 5.13 Å². The highest BCUT2D eigenvalue weighted by Gasteiger charge is 2.11. The number of carbonyl (C=O) groups is 1. The van der Waals surface area contributed by atoms with E-state index in [1.165, 1.54) is 35.4 Å². The minimum atomic E-state index is -0.264. The lowest BCUT2D eigenvalue weighted by molar-refractivity contribution is 0.102. The summed E-state index contributed by atoms with van der Waals surface area (Å²) in [5.41, 5.74) is 2.92. The summed E-state index contributed by atoms with van der Waals surface area (Å²) in [6.45, 7) is 0. The first-order valence-electron chi connectivity index (χ1n) is 9.04. The Morgan fingerprint density at radius 1 is 1.03 bits per heavy atom. The van der Waals surface area contributed by atoms with Gasteiger partial charge in [-0.1, -0.05) is 6.07 Å². The molecule has 1 N–H and O–H groups in total. The number of amides is 1. The van der Waals surface area contributed by atoms with Gasteiger partial charge in [0.1, 0.15) is 11.5 Å². The van der Waals surface area contributed by atoms with Crippen LogP contribution >= 0.6 is 23.3 Å². The normalized spacial score (nSPS) is 10.6. The van der Waals surface area contributed by atoms with Gasteiger partial charge in [0.05, 0.1) is 5.69 Å². The van der Waals surface area contributed by atoms with Crippen molar-refractivity contribution in [2.24, 2.45) is 0 Å². The summed E-state index contributed by atoms with van der Waals surface area (Å²) < 4.78 is 15.0. The van der Waals surface area contributed by atoms with Crippen molar-refractivity contribution >= 4 is 40.0 Å². The monoisotopic (exact) mass is 436 g/mol. The molecule has 5 nitrogen and oxygen atoms in total. The van der Waals surface area contributed by atoms with Crippen LogP contribution in [0.4, 0.5) is 15.2 Å². The average Bonchev–Trinajstić information content (AvgIpc) is 3.24. The first-order valence-corrected chi connectivity index (χ1v) is 10.7. The number of halogens is 1. The SMILES string of the molecule is CN(Sc1ccc(C(=O)Nc2nc(-c3ccccn3)cs2)cc1)c1ccc(F)cc1. The van der Waals surface area contributed by atoms with E-state index in [1.54, 1.807) is 30.5 Å². The molecule has 30 heavy (non-hydrogen) atoms. The molecule has 0 spiro atoms. The van der Waals surface area contributed by atoms with E-state index in [1.807, 2.05) is 47.1 Å². The van der Waals surface area contributed by atoms with Crippen LogP contribution in [0.2, 0.25) is 0 Å². The Kier molecular flexibility index (Phi) is 6.06. The van der Waals surface area contributed by atoms with Gasteiger partial charge in [-0.05, 0) is 72.6 Å². The maximum Gasteiger partial charge on any atom is 0.257 e. The second-order valence-electron chi connectivity index (χ2n) is 6.30. The summed E-state index contributed by atoms with van der Waals surface area (Å²) in [6.07, 6.45) is 1.71. The molecule has 4 rings (SSSR count). The molecule has 1 amide bonds. The van der Waals surface area contributed by atoms with Gasteiger partial charge >= 0.3 is 0 Å². The van der Waals surface area contributed by atoms with Crippen LogP contribution in [0, 0.1) is 5.82 Å². The van der Waals surface area contributed by atoms with Crippen molar-refractivity contribution in [3.8, 4) is 11.4 Å². The van der Waals surface area contributed by atoms with E-state index >= 15 is 0 Å². The number of nitrogens with zero attached hydrogens (tertiary/aromatic N) is 3. The van der Waals surface area contributed by atoms with Crippen LogP contribution in [0.15, 0.2) is 83.2 Å². The van der Waals surface area contributed by atoms with Gasteiger partial charge in [0.2, 0.25) is 0 Å². The fraction of sp³-hybridized carbons (Fsp3) is 0.0455. The van der Waals surface area contributed by atoms with Crippen molar-refractivity contribution in [1.82, 2.24) is 9.97 Å². The van der Waals surface area contributed by atoms with Crippen LogP contribution in [-0.4, -0.2) is 22.9 Å². The molecule has 0 aliphatic heterocycles. The van der Waals surface area contributed by atoms with E-state index in [2.05, 4.69) is 15.3 Å². The van der Waals surface area contributed by atoms with E-state index in [0.29, 0.717) is 10.7 Å². The van der Waals surface area contributed by atoms with Crippen LogP contribution in [-0.2, 0) is 0 Å². The average molecular weight is 437 g/mol. The summed E-state index contributed by atoms with van der Waals surface area (Å²) in [4.78, 5) is 22.2. The summed E-state index contributed by atoms with van der Waals surface area (Å²) in [5, 5.41) is 5.22. The zero-order valence-electron chi connectivity index (χ0n) is 15.9. The van der Waals surface area contributed by atoms with Gasteiger partial charge in [-0.15, -0.1) is 11.3 Å². The Balaban J connectivity index is 1.38. The summed E-state index contributed by atoms with van der Waals surface area (Å²) in [6, 6.07) is 19.2. The van der Waals surface area contributed by atoms with Crippen molar-refractivity contribution in [2.45, 2.75) is 4.90 Å². The van der Waals surface area contributed by atoms with Crippen molar-refractivity contribution in [3.63, 3.8) is 0 Å². The molecule has 0 bridgehead atoms. The minimum Gasteiger partial charge on any atom is -0.315 e. The number of hydrogen-bond acceptors (Lipinski definition) is 6. The lowest BCUT2D eigenvalue weighted by Gasteiger charge is -2.17. The van der Waals surface area contributed by atoms with Crippen LogP contribution in [0.25, 0.3) is 11.4 Å². The first-order chi connectivity index (χ1) is 14.6. The zero-order chi connectivity index (χ0) is 20.9. The second kappa shape index (κ2) is 9.06. The second-order valence-corrected chi connectivity index (χ2v) is 8.36. The molecule has 0 fully saturated rings. The number of hydrogen-bond donors (Lipinski definition) is 1. The molecule has 0 saturated carbocycles. The predicted octanol–water partition coefficient (Wildman–Crippen LogP) is 5.74. The van der Waals surface area contributed by atoms with E-state index in [4.69, 9.17) is 0 Å². The summed E-state index contributed by atoms with van der Waals surface area (Å²) >= 11 is 2.85. The van der Waals surface area contributed by atoms with Crippen molar-refractivity contribution < 1.29 is 9.18 Å². The lowest BCUT2D eigenvalue weighted by Crippen LogP contribution is -2.11. The van der Waals surface area contributed by atoms with E-state index in [0.717, 1.165) is 22.0 Å². The maximum atomic E-state index is 13.1. The predicted molar refractivity (Wildman–Crippen MR) is 120 cm³/mol. The quantitative estimate of drug-likeness (QED) is 0.391. The standard InChI is InChI=1S/C22H17FN4OS2/c1-27(17-9-7-16(23)8-10-17)30-18-11-5-15(6-12-18)21(28)26-22-25-20(14-29-22)19-4-2-3-13-24-19/h2-14H,1H3,(H,25,26,28). The fourth-order valence-electron chi connectivity index (χ4n) is 2.66. The van der Waals surface area contributed by atoms with Crippen LogP contribution in [0.5, 0.6) is 0 Å². The zero-order valence-corrected chi connectivity index (χ0v) is 17.6. The number of carbonyl (C=O) groups excluding carboxylic acids is 1. The minimum absolute atomic E-state index is 0.222. The summed E-state index contributed by atoms with van der Waals surface area (Å²) in [7, 11) is 1.90. The number of nitrogens with one attached hydrogen (secondary N) is 1. The van der Waals surface area contributed by atoms with Crippen LogP contribution in [0.1, 0.15) is 10.4 Å². The Morgan fingerprint density at radius 2 is 1.80 bits per heavy atom. The Morgan fingerprint density at radius 3 is 2.50 bits per heavy atom. The topological polar surface area (TPSA) is 58.1 Å². The Labute approximate surface area is 181 Å². The smallest absolute Gasteiger partial charge is 0.257 e. The van der Waals surface area contributed by atoms with Crippen molar-refractivity contribution in [1.29, 1.82) is 0 Å². The number of rotatable bonds is 6. The van der Waals surface area contributed by atoms with E-state index < -0.39 is 0 Å². The molecule has 0 unspecified atom stereocenters. The van der Waals surface area contributed by atoms with Gasteiger partial charge in [-0.25, -0.2) is 9.37 Å². The summed E-state index contributed by atoms with van der Waals surface area (Å²) in [5.74, 6) is -0.486. The van der Waals surface area contributed by atoms with Crippen molar-refractivity contribution in [2.75, 3.05) is 16.7 Å². The van der Waals surface area contributed by atoms with Gasteiger partial charge in [-0.2, -0.15) is 0 Å². The molecule has 0 atom stereocenters. The molecular weight excluding hydrogens is 419 g/mol. The van der Waals surface area contributed by atoms with Crippen LogP contribution in [0.3, 0.4) is 0 Å². The van der Waals surface area contributed by atoms with Gasteiger partial charge < -0.3 is 4.31 Å². The fourth-order valence-corrected chi connectivity index (χ4v) is 4.16. The maximum absolute atomic E-state index is 13.1. The molecule has 0 radical (unpaired) electrons. The molecule has 2 heterocycles. The van der Waals surface area contributed by atoms with Crippen LogP contribution < -0.4 is 9.62 Å². The highest BCUT2D eigenvalue weighted by Crippen LogP contribution is 2.28. The molecule has 150 valence electrons. The molecule has 0 saturated heterocycles. The third-order valence-corrected chi connectivity index (χ3v) is 5.93. The third kappa shape index (κ3) is 4.84. The molecule has 8 heteroatoms. The van der Waals surface area contributed by atoms with E-state index in [-0.39, 0.29) is 11.7 Å². The number of thiazole rings is 1. The Hall–Kier alpha value is -3.23. The van der Waals surface area contributed by atoms with Gasteiger partial charge in [0.25, 0.3) is 5.91 Å². The molecule has 0 aliphatic carbocycles. The Bertz CT molecular complexity index is 1130. The lowest BCUT2D eigenvalue weighted by atomic mass is 10.2. The first kappa shape index (κ1) is 20.1. The largest absolute Gasteiger partial charge is 0.315 e. The highest BCUT2D eigenvalue weighted by atomic mass is 32.2. The molecule has 4 aromatic rings. The van der Waals surface area contributed by atoms with Gasteiger partial charge in [-0.3, -0.25) is 15.1 Å². The molecule has 2 aromatic heterocycles. The number of anilines is 2. The van der Waals surface area contributed by atoms with E-state index in [9.17, 15) is 9.18 Å². The number of aromatic nitrogens is 2. The molecule has 0 aliphatic rings.